The molecule has 0 aliphatic carbocycles. The molecule has 1 aromatic carbocycles. The van der Waals surface area contributed by atoms with Crippen LogP contribution < -0.4 is 0 Å². The van der Waals surface area contributed by atoms with Crippen molar-refractivity contribution in [3.8, 4) is 11.3 Å². The molecule has 0 fully saturated rings. The first-order chi connectivity index (χ1) is 7.99. The maximum absolute atomic E-state index is 10.7. The van der Waals surface area contributed by atoms with Gasteiger partial charge in [0.25, 0.3) is 0 Å². The number of hydrogen-bond donors (Lipinski definition) is 1. The van der Waals surface area contributed by atoms with Crippen molar-refractivity contribution in [3.63, 3.8) is 0 Å². The molecule has 0 aliphatic heterocycles. The third-order valence-electron chi connectivity index (χ3n) is 2.49. The van der Waals surface area contributed by atoms with Gasteiger partial charge in [0, 0.05) is 16.1 Å². The fourth-order valence-electron chi connectivity index (χ4n) is 1.58. The van der Waals surface area contributed by atoms with Crippen molar-refractivity contribution in [2.24, 2.45) is 0 Å². The summed E-state index contributed by atoms with van der Waals surface area (Å²) in [7, 11) is 0. The molecule has 0 atom stereocenters. The largest absolute Gasteiger partial charge is 0.475 e. The molecular weight excluding hydrogens is 286 g/mol. The second-order valence-electron chi connectivity index (χ2n) is 3.80. The molecule has 1 heterocycles. The minimum absolute atomic E-state index is 0.156. The Labute approximate surface area is 106 Å². The number of aromatic nitrogens is 1. The Morgan fingerprint density at radius 3 is 2.65 bits per heavy atom. The van der Waals surface area contributed by atoms with Gasteiger partial charge in [-0.2, -0.15) is 0 Å². The molecule has 1 aromatic heterocycles. The summed E-state index contributed by atoms with van der Waals surface area (Å²) in [5.41, 5.74) is 3.47. The second-order valence-corrected chi connectivity index (χ2v) is 4.66. The van der Waals surface area contributed by atoms with Gasteiger partial charge in [-0.05, 0) is 37.1 Å². The summed E-state index contributed by atoms with van der Waals surface area (Å²) in [6.07, 6.45) is 0. The van der Waals surface area contributed by atoms with Crippen LogP contribution >= 0.6 is 15.9 Å². The number of aryl methyl sites for hydroxylation is 1. The van der Waals surface area contributed by atoms with E-state index in [-0.39, 0.29) is 5.76 Å². The minimum Gasteiger partial charge on any atom is -0.475 e. The Morgan fingerprint density at radius 1 is 1.35 bits per heavy atom. The van der Waals surface area contributed by atoms with Crippen molar-refractivity contribution in [2.45, 2.75) is 13.8 Å². The van der Waals surface area contributed by atoms with Crippen LogP contribution in [0.3, 0.4) is 0 Å². The number of nitrogens with zero attached hydrogens (tertiary/aromatic N) is 1. The van der Waals surface area contributed by atoms with Gasteiger partial charge in [-0.25, -0.2) is 4.79 Å². The lowest BCUT2D eigenvalue weighted by Crippen LogP contribution is -1.91. The van der Waals surface area contributed by atoms with Gasteiger partial charge in [-0.15, -0.1) is 0 Å². The molecule has 2 aromatic rings. The van der Waals surface area contributed by atoms with Gasteiger partial charge in [0.05, 0.1) is 0 Å². The molecule has 5 heteroatoms. The van der Waals surface area contributed by atoms with E-state index in [1.165, 1.54) is 6.07 Å². The van der Waals surface area contributed by atoms with Gasteiger partial charge < -0.3 is 9.63 Å². The van der Waals surface area contributed by atoms with Gasteiger partial charge in [0.2, 0.25) is 5.76 Å². The predicted molar refractivity (Wildman–Crippen MR) is 66.1 cm³/mol. The van der Waals surface area contributed by atoms with Crippen LogP contribution in [0.2, 0.25) is 0 Å². The van der Waals surface area contributed by atoms with Crippen molar-refractivity contribution in [3.05, 3.63) is 39.6 Å². The molecular formula is C12H10BrNO3. The van der Waals surface area contributed by atoms with E-state index in [0.717, 1.165) is 21.2 Å². The highest BCUT2D eigenvalue weighted by Crippen LogP contribution is 2.29. The molecule has 0 bridgehead atoms. The average molecular weight is 296 g/mol. The quantitative estimate of drug-likeness (QED) is 0.922. The lowest BCUT2D eigenvalue weighted by atomic mass is 10.0. The molecule has 0 amide bonds. The van der Waals surface area contributed by atoms with Crippen molar-refractivity contribution in [1.82, 2.24) is 5.16 Å². The normalized spacial score (nSPS) is 10.5. The van der Waals surface area contributed by atoms with Crippen molar-refractivity contribution >= 4 is 21.9 Å². The highest BCUT2D eigenvalue weighted by atomic mass is 79.9. The Balaban J connectivity index is 2.56. The van der Waals surface area contributed by atoms with E-state index < -0.39 is 5.97 Å². The number of aromatic carboxylic acids is 1. The fourth-order valence-corrected chi connectivity index (χ4v) is 2.16. The van der Waals surface area contributed by atoms with E-state index in [1.807, 2.05) is 26.0 Å². The lowest BCUT2D eigenvalue weighted by Gasteiger charge is -2.06. The van der Waals surface area contributed by atoms with Crippen LogP contribution in [-0.4, -0.2) is 16.2 Å². The molecule has 0 aliphatic rings. The zero-order valence-corrected chi connectivity index (χ0v) is 10.9. The zero-order chi connectivity index (χ0) is 12.6. The van der Waals surface area contributed by atoms with E-state index in [0.29, 0.717) is 5.69 Å². The first-order valence-electron chi connectivity index (χ1n) is 4.96. The molecule has 0 spiro atoms. The van der Waals surface area contributed by atoms with Crippen LogP contribution in [0.5, 0.6) is 0 Å². The summed E-state index contributed by atoms with van der Waals surface area (Å²) in [6, 6.07) is 5.37. The van der Waals surface area contributed by atoms with Gasteiger partial charge in [0.15, 0.2) is 0 Å². The summed E-state index contributed by atoms with van der Waals surface area (Å²) >= 11 is 3.46. The molecule has 0 unspecified atom stereocenters. The standard InChI is InChI=1S/C12H10BrNO3/c1-6-3-8(7(2)9(13)4-6)10-5-11(12(15)16)17-14-10/h3-5H,1-2H3,(H,15,16). The third kappa shape index (κ3) is 2.24. The number of halogens is 1. The Bertz CT molecular complexity index is 589. The highest BCUT2D eigenvalue weighted by molar-refractivity contribution is 9.10. The topological polar surface area (TPSA) is 63.3 Å². The number of hydrogen-bond acceptors (Lipinski definition) is 3. The number of carboxylic acids is 1. The molecule has 0 radical (unpaired) electrons. The summed E-state index contributed by atoms with van der Waals surface area (Å²) in [5, 5.41) is 12.6. The van der Waals surface area contributed by atoms with Gasteiger partial charge in [-0.3, -0.25) is 0 Å². The van der Waals surface area contributed by atoms with Gasteiger partial charge in [-0.1, -0.05) is 21.1 Å². The van der Waals surface area contributed by atoms with Crippen LogP contribution in [0.1, 0.15) is 21.7 Å². The van der Waals surface area contributed by atoms with E-state index in [4.69, 9.17) is 9.63 Å². The van der Waals surface area contributed by atoms with Crippen LogP contribution in [0, 0.1) is 13.8 Å². The number of carbonyl (C=O) groups is 1. The van der Waals surface area contributed by atoms with E-state index in [1.54, 1.807) is 0 Å². The van der Waals surface area contributed by atoms with Crippen molar-refractivity contribution in [1.29, 1.82) is 0 Å². The molecule has 4 nitrogen and oxygen atoms in total. The maximum Gasteiger partial charge on any atom is 0.374 e. The molecule has 0 saturated carbocycles. The Hall–Kier alpha value is -1.62. The van der Waals surface area contributed by atoms with Gasteiger partial charge in [0.1, 0.15) is 5.69 Å². The van der Waals surface area contributed by atoms with E-state index in [9.17, 15) is 4.79 Å². The molecule has 17 heavy (non-hydrogen) atoms. The van der Waals surface area contributed by atoms with Crippen molar-refractivity contribution in [2.75, 3.05) is 0 Å². The summed E-state index contributed by atoms with van der Waals surface area (Å²) < 4.78 is 5.72. The first-order valence-corrected chi connectivity index (χ1v) is 5.75. The molecule has 2 rings (SSSR count). The highest BCUT2D eigenvalue weighted by Gasteiger charge is 2.15. The lowest BCUT2D eigenvalue weighted by molar-refractivity contribution is 0.0652. The number of benzene rings is 1. The van der Waals surface area contributed by atoms with Crippen LogP contribution in [0.25, 0.3) is 11.3 Å². The van der Waals surface area contributed by atoms with Crippen LogP contribution in [-0.2, 0) is 0 Å². The minimum atomic E-state index is -1.12. The van der Waals surface area contributed by atoms with Crippen LogP contribution in [0.15, 0.2) is 27.2 Å². The number of carboxylic acid groups (broad SMARTS) is 1. The molecule has 0 saturated heterocycles. The SMILES string of the molecule is Cc1cc(Br)c(C)c(-c2cc(C(=O)O)on2)c1. The first kappa shape index (κ1) is 11.9. The smallest absolute Gasteiger partial charge is 0.374 e. The summed E-state index contributed by atoms with van der Waals surface area (Å²) in [6.45, 7) is 3.90. The Kier molecular flexibility index (Phi) is 3.02. The number of rotatable bonds is 2. The second kappa shape index (κ2) is 4.33. The fraction of sp³-hybridized carbons (Fsp3) is 0.167. The van der Waals surface area contributed by atoms with E-state index in [2.05, 4.69) is 21.1 Å². The maximum atomic E-state index is 10.7. The Morgan fingerprint density at radius 2 is 2.06 bits per heavy atom. The molecule has 1 N–H and O–H groups in total. The zero-order valence-electron chi connectivity index (χ0n) is 9.32. The van der Waals surface area contributed by atoms with Crippen LogP contribution in [0.4, 0.5) is 0 Å². The summed E-state index contributed by atoms with van der Waals surface area (Å²) in [5.74, 6) is -1.27. The third-order valence-corrected chi connectivity index (χ3v) is 3.31. The predicted octanol–water partition coefficient (Wildman–Crippen LogP) is 3.42. The monoisotopic (exact) mass is 295 g/mol. The molecule has 88 valence electrons. The van der Waals surface area contributed by atoms with Gasteiger partial charge >= 0.3 is 5.97 Å². The van der Waals surface area contributed by atoms with Crippen molar-refractivity contribution < 1.29 is 14.4 Å². The van der Waals surface area contributed by atoms with E-state index >= 15 is 0 Å². The summed E-state index contributed by atoms with van der Waals surface area (Å²) in [4.78, 5) is 10.7. The average Bonchev–Trinajstić information content (AvgIpc) is 2.72.